The maximum Gasteiger partial charge on any atom is 0.335 e. The molecule has 0 aliphatic carbocycles. The molecule has 0 saturated heterocycles. The SMILES string of the molecule is CC=C(/C=C\[N+](C)=CCP(=O)(O)O)c1cc[n+](CC)cc1. The highest BCUT2D eigenvalue weighted by Crippen LogP contribution is 2.32. The minimum absolute atomic E-state index is 0.263. The van der Waals surface area contributed by atoms with E-state index in [1.54, 1.807) is 17.8 Å². The Bertz CT molecular complexity index is 598. The molecule has 21 heavy (non-hydrogen) atoms. The van der Waals surface area contributed by atoms with Crippen molar-refractivity contribution >= 4 is 19.4 Å². The topological polar surface area (TPSA) is 64.4 Å². The lowest BCUT2D eigenvalue weighted by molar-refractivity contribution is -0.693. The first-order valence-corrected chi connectivity index (χ1v) is 8.59. The lowest BCUT2D eigenvalue weighted by Gasteiger charge is -2.00. The fourth-order valence-corrected chi connectivity index (χ4v) is 2.18. The molecular formula is C15H23N2O3P+2. The Labute approximate surface area is 125 Å². The second kappa shape index (κ2) is 8.03. The van der Waals surface area contributed by atoms with Crippen molar-refractivity contribution < 1.29 is 23.5 Å². The summed E-state index contributed by atoms with van der Waals surface area (Å²) >= 11 is 0. The van der Waals surface area contributed by atoms with Gasteiger partial charge in [0.15, 0.2) is 24.8 Å². The second-order valence-electron chi connectivity index (χ2n) is 4.67. The maximum atomic E-state index is 10.8. The number of aryl methyl sites for hydroxylation is 1. The molecule has 0 aliphatic heterocycles. The summed E-state index contributed by atoms with van der Waals surface area (Å²) in [5, 5.41) is 0. The number of rotatable bonds is 6. The monoisotopic (exact) mass is 310 g/mol. The van der Waals surface area contributed by atoms with Crippen LogP contribution in [-0.4, -0.2) is 33.8 Å². The molecule has 0 unspecified atom stereocenters. The molecule has 1 rings (SSSR count). The van der Waals surface area contributed by atoms with E-state index in [0.29, 0.717) is 0 Å². The van der Waals surface area contributed by atoms with Crippen LogP contribution in [-0.2, 0) is 11.1 Å². The first kappa shape index (κ1) is 17.5. The number of hydrogen-bond donors (Lipinski definition) is 2. The second-order valence-corrected chi connectivity index (χ2v) is 6.37. The Morgan fingerprint density at radius 3 is 2.48 bits per heavy atom. The van der Waals surface area contributed by atoms with E-state index in [1.165, 1.54) is 6.21 Å². The smallest absolute Gasteiger partial charge is 0.324 e. The number of pyridine rings is 1. The molecule has 1 aromatic heterocycles. The van der Waals surface area contributed by atoms with Gasteiger partial charge in [-0.15, -0.1) is 0 Å². The van der Waals surface area contributed by atoms with Crippen molar-refractivity contribution in [2.24, 2.45) is 0 Å². The fraction of sp³-hybridized carbons (Fsp3) is 0.333. The average molecular weight is 310 g/mol. The molecule has 0 aliphatic rings. The van der Waals surface area contributed by atoms with Gasteiger partial charge in [0.25, 0.3) is 0 Å². The molecule has 5 nitrogen and oxygen atoms in total. The average Bonchev–Trinajstić information content (AvgIpc) is 2.45. The van der Waals surface area contributed by atoms with Crippen LogP contribution in [0.2, 0.25) is 0 Å². The predicted octanol–water partition coefficient (Wildman–Crippen LogP) is 1.80. The molecule has 1 aromatic rings. The summed E-state index contributed by atoms with van der Waals surface area (Å²) in [6, 6.07) is 4.09. The molecule has 1 heterocycles. The van der Waals surface area contributed by atoms with E-state index in [1.807, 2.05) is 43.6 Å². The zero-order valence-electron chi connectivity index (χ0n) is 12.7. The molecular weight excluding hydrogens is 287 g/mol. The van der Waals surface area contributed by atoms with E-state index in [9.17, 15) is 4.57 Å². The Morgan fingerprint density at radius 2 is 2.00 bits per heavy atom. The third kappa shape index (κ3) is 6.63. The van der Waals surface area contributed by atoms with Crippen LogP contribution in [0.5, 0.6) is 0 Å². The summed E-state index contributed by atoms with van der Waals surface area (Å²) in [5.41, 5.74) is 2.15. The Balaban J connectivity index is 2.82. The number of aromatic nitrogens is 1. The molecule has 0 amide bonds. The minimum Gasteiger partial charge on any atom is -0.324 e. The highest BCUT2D eigenvalue weighted by molar-refractivity contribution is 7.52. The van der Waals surface area contributed by atoms with E-state index >= 15 is 0 Å². The lowest BCUT2D eigenvalue weighted by atomic mass is 10.1. The summed E-state index contributed by atoms with van der Waals surface area (Å²) in [5.74, 6) is 0. The standard InChI is InChI=1S/C15H21N2O3P/c1-4-14(15-7-10-17(5-2)11-8-15)6-9-16(3)12-13-21(18,19)20/h4,6-12H,5,13H2,1-3H3/p+2/b9-6-,14-4?,16-12?. The highest BCUT2D eigenvalue weighted by Gasteiger charge is 2.12. The van der Waals surface area contributed by atoms with Crippen LogP contribution in [0, 0.1) is 0 Å². The van der Waals surface area contributed by atoms with Crippen molar-refractivity contribution in [1.82, 2.24) is 0 Å². The van der Waals surface area contributed by atoms with Gasteiger partial charge in [-0.25, -0.2) is 9.14 Å². The quantitative estimate of drug-likeness (QED) is 0.364. The minimum atomic E-state index is -3.99. The van der Waals surface area contributed by atoms with Crippen molar-refractivity contribution in [3.63, 3.8) is 0 Å². The van der Waals surface area contributed by atoms with Crippen LogP contribution in [0.15, 0.2) is 42.9 Å². The molecule has 0 spiro atoms. The molecule has 0 bridgehead atoms. The summed E-state index contributed by atoms with van der Waals surface area (Å²) in [6.45, 7) is 4.98. The Morgan fingerprint density at radius 1 is 1.38 bits per heavy atom. The number of hydrogen-bond acceptors (Lipinski definition) is 1. The molecule has 0 saturated carbocycles. The van der Waals surface area contributed by atoms with Gasteiger partial charge in [0.1, 0.15) is 19.8 Å². The largest absolute Gasteiger partial charge is 0.335 e. The van der Waals surface area contributed by atoms with Gasteiger partial charge in [-0.3, -0.25) is 4.57 Å². The van der Waals surface area contributed by atoms with Gasteiger partial charge in [0, 0.05) is 18.2 Å². The van der Waals surface area contributed by atoms with Crippen molar-refractivity contribution in [1.29, 1.82) is 0 Å². The third-order valence-electron chi connectivity index (χ3n) is 3.00. The van der Waals surface area contributed by atoms with Gasteiger partial charge in [-0.05, 0) is 25.0 Å². The summed E-state index contributed by atoms with van der Waals surface area (Å²) in [4.78, 5) is 17.7. The van der Waals surface area contributed by atoms with Gasteiger partial charge in [-0.1, -0.05) is 6.08 Å². The van der Waals surface area contributed by atoms with E-state index in [0.717, 1.165) is 17.7 Å². The summed E-state index contributed by atoms with van der Waals surface area (Å²) < 4.78 is 14.5. The van der Waals surface area contributed by atoms with Crippen LogP contribution in [0.25, 0.3) is 5.57 Å². The fourth-order valence-electron chi connectivity index (χ4n) is 1.71. The number of allylic oxidation sites excluding steroid dienone is 3. The first-order valence-electron chi connectivity index (χ1n) is 6.79. The van der Waals surface area contributed by atoms with Crippen molar-refractivity contribution in [3.05, 3.63) is 48.4 Å². The van der Waals surface area contributed by atoms with Gasteiger partial charge in [0.2, 0.25) is 0 Å². The van der Waals surface area contributed by atoms with Gasteiger partial charge < -0.3 is 9.79 Å². The summed E-state index contributed by atoms with van der Waals surface area (Å²) in [7, 11) is -2.24. The first-order chi connectivity index (χ1) is 9.85. The normalized spacial score (nSPS) is 14.0. The molecule has 2 N–H and O–H groups in total. The Hall–Kier alpha value is -1.55. The predicted molar refractivity (Wildman–Crippen MR) is 84.3 cm³/mol. The van der Waals surface area contributed by atoms with Crippen LogP contribution in [0.4, 0.5) is 0 Å². The third-order valence-corrected chi connectivity index (χ3v) is 3.64. The van der Waals surface area contributed by atoms with Gasteiger partial charge in [-0.2, -0.15) is 0 Å². The molecule has 0 aromatic carbocycles. The van der Waals surface area contributed by atoms with Crippen molar-refractivity contribution in [2.75, 3.05) is 13.2 Å². The molecule has 114 valence electrons. The van der Waals surface area contributed by atoms with E-state index in [-0.39, 0.29) is 6.16 Å². The van der Waals surface area contributed by atoms with Crippen LogP contribution >= 0.6 is 7.60 Å². The van der Waals surface area contributed by atoms with Crippen molar-refractivity contribution in [3.8, 4) is 0 Å². The molecule has 0 radical (unpaired) electrons. The summed E-state index contributed by atoms with van der Waals surface area (Å²) in [6.07, 6.45) is 11.0. The molecule has 0 atom stereocenters. The van der Waals surface area contributed by atoms with Crippen LogP contribution in [0.1, 0.15) is 19.4 Å². The highest BCUT2D eigenvalue weighted by atomic mass is 31.2. The lowest BCUT2D eigenvalue weighted by Crippen LogP contribution is -2.30. The molecule has 0 fully saturated rings. The Kier molecular flexibility index (Phi) is 6.69. The zero-order valence-corrected chi connectivity index (χ0v) is 13.6. The maximum absolute atomic E-state index is 10.8. The van der Waals surface area contributed by atoms with Crippen LogP contribution in [0.3, 0.4) is 0 Å². The van der Waals surface area contributed by atoms with Crippen molar-refractivity contribution in [2.45, 2.75) is 20.4 Å². The van der Waals surface area contributed by atoms with E-state index in [4.69, 9.17) is 9.79 Å². The van der Waals surface area contributed by atoms with Gasteiger partial charge >= 0.3 is 7.60 Å². The van der Waals surface area contributed by atoms with Gasteiger partial charge in [0.05, 0.1) is 0 Å². The zero-order chi connectivity index (χ0) is 15.9. The van der Waals surface area contributed by atoms with E-state index in [2.05, 4.69) is 11.5 Å². The molecule has 6 heteroatoms. The van der Waals surface area contributed by atoms with E-state index < -0.39 is 7.60 Å². The van der Waals surface area contributed by atoms with Crippen LogP contribution < -0.4 is 4.57 Å². The number of nitrogens with zero attached hydrogens (tertiary/aromatic N) is 2.